The van der Waals surface area contributed by atoms with E-state index in [0.717, 1.165) is 38.6 Å². The van der Waals surface area contributed by atoms with Gasteiger partial charge >= 0.3 is 0 Å². The monoisotopic (exact) mass is 254 g/mol. The van der Waals surface area contributed by atoms with Gasteiger partial charge in [0.15, 0.2) is 0 Å². The van der Waals surface area contributed by atoms with Crippen molar-refractivity contribution in [3.8, 4) is 0 Å². The molecule has 1 heterocycles. The van der Waals surface area contributed by atoms with Gasteiger partial charge < -0.3 is 9.64 Å². The Morgan fingerprint density at radius 3 is 2.61 bits per heavy atom. The van der Waals surface area contributed by atoms with Gasteiger partial charge in [-0.2, -0.15) is 0 Å². The fourth-order valence-corrected chi connectivity index (χ4v) is 3.08. The third kappa shape index (κ3) is 2.41. The third-order valence-electron chi connectivity index (χ3n) is 4.47. The lowest BCUT2D eigenvalue weighted by Crippen LogP contribution is -2.52. The molecule has 1 aliphatic carbocycles. The van der Waals surface area contributed by atoms with Crippen LogP contribution in [0.3, 0.4) is 0 Å². The zero-order valence-corrected chi connectivity index (χ0v) is 11.9. The highest BCUT2D eigenvalue weighted by molar-refractivity contribution is 5.84. The molecular formula is C14H26N2O2. The summed E-state index contributed by atoms with van der Waals surface area (Å²) in [5.74, 6) is 0.270. The number of hydrogen-bond acceptors (Lipinski definition) is 3. The van der Waals surface area contributed by atoms with Gasteiger partial charge in [0, 0.05) is 7.11 Å². The van der Waals surface area contributed by atoms with Crippen LogP contribution in [0.25, 0.3) is 0 Å². The maximum absolute atomic E-state index is 12.4. The summed E-state index contributed by atoms with van der Waals surface area (Å²) in [7, 11) is 1.78. The van der Waals surface area contributed by atoms with E-state index in [1.54, 1.807) is 7.11 Å². The van der Waals surface area contributed by atoms with Crippen molar-refractivity contribution in [1.29, 1.82) is 0 Å². The Labute approximate surface area is 110 Å². The number of amides is 1. The van der Waals surface area contributed by atoms with Crippen molar-refractivity contribution in [3.63, 3.8) is 0 Å². The summed E-state index contributed by atoms with van der Waals surface area (Å²) in [6.07, 6.45) is 6.53. The van der Waals surface area contributed by atoms with E-state index in [9.17, 15) is 4.79 Å². The number of rotatable bonds is 6. The van der Waals surface area contributed by atoms with Crippen LogP contribution in [0.4, 0.5) is 0 Å². The van der Waals surface area contributed by atoms with Crippen LogP contribution in [0.1, 0.15) is 52.4 Å². The smallest absolute Gasteiger partial charge is 0.241 e. The Hall–Kier alpha value is -0.610. The summed E-state index contributed by atoms with van der Waals surface area (Å²) < 4.78 is 5.65. The van der Waals surface area contributed by atoms with Gasteiger partial charge in [-0.15, -0.1) is 0 Å². The fourth-order valence-electron chi connectivity index (χ4n) is 3.08. The molecule has 1 amide bonds. The highest BCUT2D eigenvalue weighted by Crippen LogP contribution is 2.37. The molecule has 2 atom stereocenters. The lowest BCUT2D eigenvalue weighted by atomic mass is 9.79. The minimum absolute atomic E-state index is 0.0222. The van der Waals surface area contributed by atoms with Crippen molar-refractivity contribution < 1.29 is 9.53 Å². The first-order valence-electron chi connectivity index (χ1n) is 7.27. The quantitative estimate of drug-likeness (QED) is 0.787. The molecule has 0 radical (unpaired) electrons. The van der Waals surface area contributed by atoms with Gasteiger partial charge in [0.1, 0.15) is 0 Å². The van der Waals surface area contributed by atoms with E-state index in [0.29, 0.717) is 0 Å². The largest absolute Gasteiger partial charge is 0.376 e. The van der Waals surface area contributed by atoms with Crippen LogP contribution in [-0.4, -0.2) is 42.3 Å². The maximum Gasteiger partial charge on any atom is 0.241 e. The Bertz CT molecular complexity index is 297. The summed E-state index contributed by atoms with van der Waals surface area (Å²) in [6, 6.07) is 0.0222. The van der Waals surface area contributed by atoms with Gasteiger partial charge in [0.05, 0.1) is 24.4 Å². The highest BCUT2D eigenvalue weighted by atomic mass is 16.5. The second-order valence-electron chi connectivity index (χ2n) is 5.64. The number of carbonyl (C=O) groups is 1. The van der Waals surface area contributed by atoms with Crippen molar-refractivity contribution >= 4 is 5.91 Å². The van der Waals surface area contributed by atoms with Gasteiger partial charge in [-0.25, -0.2) is 0 Å². The molecule has 2 aliphatic rings. The summed E-state index contributed by atoms with van der Waals surface area (Å²) >= 11 is 0. The van der Waals surface area contributed by atoms with E-state index in [-0.39, 0.29) is 23.7 Å². The standard InChI is InChI=1S/C14H26N2O2/c1-4-7-11-13(17)16(12(5-2)15-11)10-14(18-3)8-6-9-14/h11-12,15H,4-10H2,1-3H3. The van der Waals surface area contributed by atoms with E-state index in [2.05, 4.69) is 19.2 Å². The van der Waals surface area contributed by atoms with Gasteiger partial charge in [0.25, 0.3) is 0 Å². The normalized spacial score (nSPS) is 30.6. The molecule has 2 rings (SSSR count). The molecule has 18 heavy (non-hydrogen) atoms. The maximum atomic E-state index is 12.4. The third-order valence-corrected chi connectivity index (χ3v) is 4.47. The van der Waals surface area contributed by atoms with Crippen molar-refractivity contribution in [3.05, 3.63) is 0 Å². The molecule has 1 N–H and O–H groups in total. The molecule has 1 aliphatic heterocycles. The predicted molar refractivity (Wildman–Crippen MR) is 71.2 cm³/mol. The summed E-state index contributed by atoms with van der Waals surface area (Å²) in [5, 5.41) is 3.46. The fraction of sp³-hybridized carbons (Fsp3) is 0.929. The van der Waals surface area contributed by atoms with Crippen molar-refractivity contribution in [2.45, 2.75) is 70.2 Å². The van der Waals surface area contributed by atoms with E-state index < -0.39 is 0 Å². The van der Waals surface area contributed by atoms with Gasteiger partial charge in [-0.3, -0.25) is 10.1 Å². The molecule has 4 nitrogen and oxygen atoms in total. The van der Waals surface area contributed by atoms with Crippen LogP contribution >= 0.6 is 0 Å². The van der Waals surface area contributed by atoms with Gasteiger partial charge in [0.2, 0.25) is 5.91 Å². The Morgan fingerprint density at radius 2 is 2.17 bits per heavy atom. The zero-order chi connectivity index (χ0) is 13.2. The van der Waals surface area contributed by atoms with Crippen LogP contribution in [0.5, 0.6) is 0 Å². The average Bonchev–Trinajstić information content (AvgIpc) is 2.62. The SMILES string of the molecule is CCCC1NC(CC)N(CC2(OC)CCC2)C1=O. The number of methoxy groups -OCH3 is 1. The molecule has 0 bridgehead atoms. The molecular weight excluding hydrogens is 228 g/mol. The highest BCUT2D eigenvalue weighted by Gasteiger charge is 2.45. The number of nitrogens with one attached hydrogen (secondary N) is 1. The minimum Gasteiger partial charge on any atom is -0.376 e. The van der Waals surface area contributed by atoms with Crippen LogP contribution in [0.2, 0.25) is 0 Å². The van der Waals surface area contributed by atoms with E-state index >= 15 is 0 Å². The van der Waals surface area contributed by atoms with Gasteiger partial charge in [-0.05, 0) is 32.1 Å². The van der Waals surface area contributed by atoms with Crippen molar-refractivity contribution in [1.82, 2.24) is 10.2 Å². The van der Waals surface area contributed by atoms with Crippen LogP contribution in [0.15, 0.2) is 0 Å². The van der Waals surface area contributed by atoms with E-state index in [1.165, 1.54) is 6.42 Å². The van der Waals surface area contributed by atoms with E-state index in [4.69, 9.17) is 4.74 Å². The molecule has 0 spiro atoms. The number of carbonyl (C=O) groups excluding carboxylic acids is 1. The average molecular weight is 254 g/mol. The Kier molecular flexibility index (Phi) is 4.28. The molecule has 2 unspecified atom stereocenters. The first-order valence-corrected chi connectivity index (χ1v) is 7.27. The lowest BCUT2D eigenvalue weighted by Gasteiger charge is -2.44. The van der Waals surface area contributed by atoms with Crippen molar-refractivity contribution in [2.24, 2.45) is 0 Å². The van der Waals surface area contributed by atoms with Crippen LogP contribution < -0.4 is 5.32 Å². The number of ether oxygens (including phenoxy) is 1. The first kappa shape index (κ1) is 13.8. The molecule has 1 saturated heterocycles. The lowest BCUT2D eigenvalue weighted by molar-refractivity contribution is -0.140. The summed E-state index contributed by atoms with van der Waals surface area (Å²) in [5.41, 5.74) is -0.0636. The second kappa shape index (κ2) is 5.57. The second-order valence-corrected chi connectivity index (χ2v) is 5.64. The molecule has 104 valence electrons. The molecule has 2 fully saturated rings. The summed E-state index contributed by atoms with van der Waals surface area (Å²) in [6.45, 7) is 5.02. The Morgan fingerprint density at radius 1 is 1.44 bits per heavy atom. The zero-order valence-electron chi connectivity index (χ0n) is 11.9. The predicted octanol–water partition coefficient (Wildman–Crippen LogP) is 1.89. The minimum atomic E-state index is -0.0636. The van der Waals surface area contributed by atoms with Crippen molar-refractivity contribution in [2.75, 3.05) is 13.7 Å². The molecule has 4 heteroatoms. The number of hydrogen-bond donors (Lipinski definition) is 1. The number of nitrogens with zero attached hydrogens (tertiary/aromatic N) is 1. The van der Waals surface area contributed by atoms with Crippen LogP contribution in [-0.2, 0) is 9.53 Å². The van der Waals surface area contributed by atoms with E-state index in [1.807, 2.05) is 4.90 Å². The van der Waals surface area contributed by atoms with Crippen LogP contribution in [0, 0.1) is 0 Å². The molecule has 0 aromatic carbocycles. The Balaban J connectivity index is 2.03. The first-order chi connectivity index (χ1) is 8.65. The van der Waals surface area contributed by atoms with Gasteiger partial charge in [-0.1, -0.05) is 20.3 Å². The molecule has 1 saturated carbocycles. The topological polar surface area (TPSA) is 41.6 Å². The molecule has 0 aromatic heterocycles. The molecule has 0 aromatic rings. The summed E-state index contributed by atoms with van der Waals surface area (Å²) in [4.78, 5) is 14.4.